The minimum Gasteiger partial charge on any atom is -0.431 e. The highest BCUT2D eigenvalue weighted by Gasteiger charge is 2.33. The van der Waals surface area contributed by atoms with Gasteiger partial charge in [0, 0.05) is 17.3 Å². The molecular weight excluding hydrogens is 463 g/mol. The molecule has 186 valence electrons. The number of aryl methyl sites for hydroxylation is 2. The third-order valence-corrected chi connectivity index (χ3v) is 5.76. The van der Waals surface area contributed by atoms with Gasteiger partial charge in [-0.1, -0.05) is 6.42 Å². The van der Waals surface area contributed by atoms with Crippen LogP contribution in [0, 0.1) is 13.8 Å². The molecule has 2 heterocycles. The molecule has 1 aliphatic rings. The zero-order chi connectivity index (χ0) is 25.2. The molecule has 0 radical (unpaired) electrons. The number of carbonyl (C=O) groups is 1. The zero-order valence-corrected chi connectivity index (χ0v) is 19.7. The number of rotatable bonds is 5. The Kier molecular flexibility index (Phi) is 7.04. The lowest BCUT2D eigenvalue weighted by Crippen LogP contribution is -2.24. The van der Waals surface area contributed by atoms with Crippen molar-refractivity contribution in [2.75, 3.05) is 0 Å². The monoisotopic (exact) mass is 489 g/mol. The third-order valence-electron chi connectivity index (χ3n) is 5.76. The number of ether oxygens (including phenoxy) is 2. The molecule has 3 aromatic rings. The van der Waals surface area contributed by atoms with E-state index in [1.54, 1.807) is 26.0 Å². The standard InChI is InChI=1S/C24H26F3N5O3/c1-14-11-17(13-18(12-14)22-28-10-9-20(29-22)24(25,26)27)21-15(2)30-32(31-21)16(3)34-23(33)35-19-7-5-4-6-8-19/h9-13,16,19H,4-8H2,1-3H3. The highest BCUT2D eigenvalue weighted by atomic mass is 19.4. The summed E-state index contributed by atoms with van der Waals surface area (Å²) in [4.78, 5) is 21.2. The average Bonchev–Trinajstić information content (AvgIpc) is 3.20. The van der Waals surface area contributed by atoms with Crippen molar-refractivity contribution in [3.05, 3.63) is 47.4 Å². The molecule has 1 aliphatic carbocycles. The van der Waals surface area contributed by atoms with E-state index in [4.69, 9.17) is 9.47 Å². The molecule has 0 spiro atoms. The minimum absolute atomic E-state index is 0.0445. The Morgan fingerprint density at radius 3 is 2.51 bits per heavy atom. The van der Waals surface area contributed by atoms with Gasteiger partial charge in [0.2, 0.25) is 6.23 Å². The van der Waals surface area contributed by atoms with Crippen LogP contribution in [0.1, 0.15) is 62.2 Å². The van der Waals surface area contributed by atoms with Crippen molar-refractivity contribution in [2.24, 2.45) is 0 Å². The summed E-state index contributed by atoms with van der Waals surface area (Å²) in [5, 5.41) is 8.82. The summed E-state index contributed by atoms with van der Waals surface area (Å²) in [6.07, 6.45) is -0.328. The van der Waals surface area contributed by atoms with Gasteiger partial charge in [0.05, 0.1) is 5.69 Å². The molecule has 8 nitrogen and oxygen atoms in total. The molecule has 0 amide bonds. The number of hydrogen-bond acceptors (Lipinski definition) is 7. The van der Waals surface area contributed by atoms with Crippen molar-refractivity contribution in [2.45, 2.75) is 71.4 Å². The minimum atomic E-state index is -4.57. The summed E-state index contributed by atoms with van der Waals surface area (Å²) >= 11 is 0. The first-order valence-electron chi connectivity index (χ1n) is 11.4. The van der Waals surface area contributed by atoms with Gasteiger partial charge in [-0.25, -0.2) is 14.8 Å². The molecule has 1 unspecified atom stereocenters. The number of benzene rings is 1. The number of nitrogens with zero attached hydrogens (tertiary/aromatic N) is 5. The Bertz CT molecular complexity index is 1210. The van der Waals surface area contributed by atoms with Crippen LogP contribution in [0.15, 0.2) is 30.5 Å². The Morgan fingerprint density at radius 1 is 1.09 bits per heavy atom. The van der Waals surface area contributed by atoms with E-state index in [0.29, 0.717) is 22.5 Å². The van der Waals surface area contributed by atoms with E-state index in [1.165, 1.54) is 4.80 Å². The third kappa shape index (κ3) is 5.95. The van der Waals surface area contributed by atoms with Crippen LogP contribution in [-0.2, 0) is 15.7 Å². The van der Waals surface area contributed by atoms with Gasteiger partial charge in [0.1, 0.15) is 17.5 Å². The first kappa shape index (κ1) is 24.6. The van der Waals surface area contributed by atoms with E-state index >= 15 is 0 Å². The number of hydrogen-bond donors (Lipinski definition) is 0. The summed E-state index contributed by atoms with van der Waals surface area (Å²) in [7, 11) is 0. The van der Waals surface area contributed by atoms with Crippen LogP contribution in [0.2, 0.25) is 0 Å². The molecule has 1 fully saturated rings. The van der Waals surface area contributed by atoms with Gasteiger partial charge in [-0.05, 0) is 76.3 Å². The fourth-order valence-electron chi connectivity index (χ4n) is 4.07. The van der Waals surface area contributed by atoms with Crippen molar-refractivity contribution < 1.29 is 27.4 Å². The highest BCUT2D eigenvalue weighted by Crippen LogP contribution is 2.31. The summed E-state index contributed by atoms with van der Waals surface area (Å²) < 4.78 is 50.1. The maximum atomic E-state index is 13.1. The van der Waals surface area contributed by atoms with Crippen molar-refractivity contribution in [1.82, 2.24) is 25.0 Å². The van der Waals surface area contributed by atoms with Crippen LogP contribution in [0.25, 0.3) is 22.6 Å². The highest BCUT2D eigenvalue weighted by molar-refractivity contribution is 5.70. The van der Waals surface area contributed by atoms with E-state index in [9.17, 15) is 18.0 Å². The van der Waals surface area contributed by atoms with Gasteiger partial charge >= 0.3 is 12.3 Å². The Hall–Kier alpha value is -3.50. The van der Waals surface area contributed by atoms with E-state index in [1.807, 2.05) is 13.0 Å². The predicted molar refractivity (Wildman–Crippen MR) is 120 cm³/mol. The van der Waals surface area contributed by atoms with Crippen LogP contribution >= 0.6 is 0 Å². The van der Waals surface area contributed by atoms with Crippen LogP contribution in [0.3, 0.4) is 0 Å². The van der Waals surface area contributed by atoms with E-state index in [0.717, 1.165) is 49.9 Å². The van der Waals surface area contributed by atoms with Gasteiger partial charge < -0.3 is 9.47 Å². The fraction of sp³-hybridized carbons (Fsp3) is 0.458. The van der Waals surface area contributed by atoms with E-state index in [-0.39, 0.29) is 11.9 Å². The smallest absolute Gasteiger partial charge is 0.431 e. The maximum absolute atomic E-state index is 13.1. The Labute approximate surface area is 200 Å². The molecular formula is C24H26F3N5O3. The molecule has 0 saturated heterocycles. The number of aromatic nitrogens is 5. The lowest BCUT2D eigenvalue weighted by Gasteiger charge is -2.22. The van der Waals surface area contributed by atoms with Gasteiger partial charge in [0.15, 0.2) is 5.82 Å². The van der Waals surface area contributed by atoms with Crippen molar-refractivity contribution in [3.8, 4) is 22.6 Å². The lowest BCUT2D eigenvalue weighted by molar-refractivity contribution is -0.141. The van der Waals surface area contributed by atoms with Gasteiger partial charge in [-0.3, -0.25) is 0 Å². The average molecular weight is 489 g/mol. The summed E-state index contributed by atoms with van der Waals surface area (Å²) in [6.45, 7) is 5.19. The summed E-state index contributed by atoms with van der Waals surface area (Å²) in [5.74, 6) is -0.0445. The fourth-order valence-corrected chi connectivity index (χ4v) is 4.07. The van der Waals surface area contributed by atoms with Gasteiger partial charge in [0.25, 0.3) is 0 Å². The topological polar surface area (TPSA) is 92.0 Å². The van der Waals surface area contributed by atoms with E-state index < -0.39 is 24.3 Å². The largest absolute Gasteiger partial charge is 0.510 e. The number of halogens is 3. The molecule has 2 aromatic heterocycles. The maximum Gasteiger partial charge on any atom is 0.510 e. The summed E-state index contributed by atoms with van der Waals surface area (Å²) in [6, 6.07) is 6.02. The second-order valence-electron chi connectivity index (χ2n) is 8.65. The zero-order valence-electron chi connectivity index (χ0n) is 19.7. The van der Waals surface area contributed by atoms with Crippen molar-refractivity contribution in [1.29, 1.82) is 0 Å². The summed E-state index contributed by atoms with van der Waals surface area (Å²) in [5.41, 5.74) is 1.87. The molecule has 35 heavy (non-hydrogen) atoms. The predicted octanol–water partition coefficient (Wildman–Crippen LogP) is 6.04. The SMILES string of the molecule is Cc1cc(-c2nccc(C(F)(F)F)n2)cc(-c2nn(C(C)OC(=O)OC3CCCCC3)nc2C)c1. The van der Waals surface area contributed by atoms with Gasteiger partial charge in [-0.2, -0.15) is 18.3 Å². The van der Waals surface area contributed by atoms with Crippen LogP contribution in [0.5, 0.6) is 0 Å². The first-order chi connectivity index (χ1) is 16.6. The van der Waals surface area contributed by atoms with Crippen LogP contribution in [0.4, 0.5) is 18.0 Å². The first-order valence-corrected chi connectivity index (χ1v) is 11.4. The van der Waals surface area contributed by atoms with Crippen LogP contribution < -0.4 is 0 Å². The second-order valence-corrected chi connectivity index (χ2v) is 8.65. The normalized spacial score (nSPS) is 15.6. The Morgan fingerprint density at radius 2 is 1.80 bits per heavy atom. The molecule has 1 aromatic carbocycles. The molecule has 0 aliphatic heterocycles. The molecule has 11 heteroatoms. The second kappa shape index (κ2) is 10.0. The molecule has 0 bridgehead atoms. The van der Waals surface area contributed by atoms with E-state index in [2.05, 4.69) is 20.2 Å². The molecule has 1 saturated carbocycles. The molecule has 1 atom stereocenters. The van der Waals surface area contributed by atoms with Crippen LogP contribution in [-0.4, -0.2) is 37.2 Å². The Balaban J connectivity index is 1.55. The van der Waals surface area contributed by atoms with Crippen molar-refractivity contribution in [3.63, 3.8) is 0 Å². The number of alkyl halides is 3. The van der Waals surface area contributed by atoms with Gasteiger partial charge in [-0.15, -0.1) is 9.90 Å². The number of carbonyl (C=O) groups excluding carboxylic acids is 1. The molecule has 4 rings (SSSR count). The quantitative estimate of drug-likeness (QED) is 0.403. The molecule has 0 N–H and O–H groups in total. The van der Waals surface area contributed by atoms with Crippen molar-refractivity contribution >= 4 is 6.16 Å². The lowest BCUT2D eigenvalue weighted by atomic mass is 9.98.